The Labute approximate surface area is 174 Å². The molecule has 0 aliphatic carbocycles. The maximum atomic E-state index is 12.9. The van der Waals surface area contributed by atoms with E-state index in [0.29, 0.717) is 18.8 Å². The monoisotopic (exact) mass is 401 g/mol. The summed E-state index contributed by atoms with van der Waals surface area (Å²) in [6, 6.07) is 15.9. The quantitative estimate of drug-likeness (QED) is 0.729. The lowest BCUT2D eigenvalue weighted by Gasteiger charge is -2.51. The number of ether oxygens (including phenoxy) is 1. The number of piperidine rings is 1. The predicted octanol–water partition coefficient (Wildman–Crippen LogP) is 2.83. The zero-order chi connectivity index (χ0) is 20.6. The molecule has 2 aliphatic rings. The van der Waals surface area contributed by atoms with Crippen LogP contribution in [0.15, 0.2) is 48.7 Å². The average Bonchev–Trinajstić information content (AvgIpc) is 3.27. The number of rotatable bonds is 3. The molecule has 5 rings (SSSR count). The lowest BCUT2D eigenvalue weighted by atomic mass is 9.84. The smallest absolute Gasteiger partial charge is 0.249 e. The van der Waals surface area contributed by atoms with Crippen LogP contribution in [0.3, 0.4) is 0 Å². The molecular weight excluding hydrogens is 378 g/mol. The fourth-order valence-electron chi connectivity index (χ4n) is 4.69. The van der Waals surface area contributed by atoms with Crippen LogP contribution in [-0.2, 0) is 16.1 Å². The molecule has 2 saturated heterocycles. The van der Waals surface area contributed by atoms with Gasteiger partial charge < -0.3 is 19.5 Å². The Bertz CT molecular complexity index is 1120. The Kier molecular flexibility index (Phi) is 4.64. The minimum atomic E-state index is -0.308. The molecule has 0 saturated carbocycles. The fourth-order valence-corrected chi connectivity index (χ4v) is 4.69. The number of fused-ring (bicyclic) bond motifs is 1. The molecule has 152 valence electrons. The van der Waals surface area contributed by atoms with E-state index < -0.39 is 0 Å². The number of aromatic amines is 1. The molecule has 3 aromatic rings. The van der Waals surface area contributed by atoms with Crippen molar-refractivity contribution < 1.29 is 9.53 Å². The summed E-state index contributed by atoms with van der Waals surface area (Å²) in [5, 5.41) is 10.3. The number of carbonyl (C=O) groups is 1. The molecule has 2 aromatic heterocycles. The van der Waals surface area contributed by atoms with Gasteiger partial charge in [-0.15, -0.1) is 0 Å². The van der Waals surface area contributed by atoms with E-state index in [4.69, 9.17) is 10.00 Å². The van der Waals surface area contributed by atoms with Gasteiger partial charge in [0.1, 0.15) is 24.2 Å². The minimum absolute atomic E-state index is 0.0480. The van der Waals surface area contributed by atoms with Crippen LogP contribution in [0, 0.1) is 11.3 Å². The first-order valence-corrected chi connectivity index (χ1v) is 10.2. The first kappa shape index (κ1) is 18.6. The van der Waals surface area contributed by atoms with Gasteiger partial charge in [-0.05, 0) is 42.7 Å². The van der Waals surface area contributed by atoms with E-state index in [1.165, 1.54) is 0 Å². The Morgan fingerprint density at radius 3 is 2.83 bits per heavy atom. The number of H-pyrrole nitrogens is 1. The van der Waals surface area contributed by atoms with E-state index in [1.54, 1.807) is 6.07 Å². The standard InChI is InChI=1S/C23H23N5O2/c24-13-18-4-2-6-21(26-18)27-11-8-23(9-12-27)16-30-15-22(29)28(23)14-17-3-1-5-20-19(17)7-10-25-20/h1-7,10,25H,8-9,11-12,14-16H2. The summed E-state index contributed by atoms with van der Waals surface area (Å²) in [4.78, 5) is 24.8. The van der Waals surface area contributed by atoms with Crippen molar-refractivity contribution >= 4 is 22.6 Å². The molecule has 0 unspecified atom stereocenters. The van der Waals surface area contributed by atoms with Crippen molar-refractivity contribution in [2.24, 2.45) is 0 Å². The first-order valence-electron chi connectivity index (χ1n) is 10.2. The molecule has 4 heterocycles. The Morgan fingerprint density at radius 1 is 1.17 bits per heavy atom. The SMILES string of the molecule is N#Cc1cccc(N2CCC3(CC2)COCC(=O)N3Cc2cccc3[nH]ccc23)n1. The van der Waals surface area contributed by atoms with Crippen molar-refractivity contribution in [1.82, 2.24) is 14.9 Å². The summed E-state index contributed by atoms with van der Waals surface area (Å²) in [6.45, 7) is 2.81. The number of nitriles is 1. The molecule has 2 fully saturated rings. The number of nitrogens with zero attached hydrogens (tertiary/aromatic N) is 4. The highest BCUT2D eigenvalue weighted by atomic mass is 16.5. The molecule has 0 radical (unpaired) electrons. The Balaban J connectivity index is 1.39. The van der Waals surface area contributed by atoms with Gasteiger partial charge in [0.25, 0.3) is 0 Å². The van der Waals surface area contributed by atoms with Crippen molar-refractivity contribution in [2.45, 2.75) is 24.9 Å². The van der Waals surface area contributed by atoms with Gasteiger partial charge in [-0.1, -0.05) is 18.2 Å². The molecular formula is C23H23N5O2. The largest absolute Gasteiger partial charge is 0.369 e. The Morgan fingerprint density at radius 2 is 2.00 bits per heavy atom. The number of pyridine rings is 1. The highest BCUT2D eigenvalue weighted by Gasteiger charge is 2.45. The number of hydrogen-bond acceptors (Lipinski definition) is 5. The van der Waals surface area contributed by atoms with Crippen LogP contribution in [0.5, 0.6) is 0 Å². The van der Waals surface area contributed by atoms with Gasteiger partial charge in [0.15, 0.2) is 0 Å². The molecule has 7 nitrogen and oxygen atoms in total. The third kappa shape index (κ3) is 3.19. The van der Waals surface area contributed by atoms with Gasteiger partial charge >= 0.3 is 0 Å². The third-order valence-electron chi connectivity index (χ3n) is 6.35. The van der Waals surface area contributed by atoms with Crippen LogP contribution in [0.4, 0.5) is 5.82 Å². The summed E-state index contributed by atoms with van der Waals surface area (Å²) in [5.74, 6) is 0.863. The molecule has 1 spiro atoms. The zero-order valence-electron chi connectivity index (χ0n) is 16.7. The number of benzene rings is 1. The normalized spacial score (nSPS) is 18.7. The van der Waals surface area contributed by atoms with Crippen LogP contribution >= 0.6 is 0 Å². The summed E-state index contributed by atoms with van der Waals surface area (Å²) >= 11 is 0. The van der Waals surface area contributed by atoms with Gasteiger partial charge in [0, 0.05) is 36.7 Å². The van der Waals surface area contributed by atoms with E-state index in [-0.39, 0.29) is 18.1 Å². The van der Waals surface area contributed by atoms with Gasteiger partial charge in [-0.25, -0.2) is 4.98 Å². The van der Waals surface area contributed by atoms with Crippen LogP contribution in [0.2, 0.25) is 0 Å². The molecule has 30 heavy (non-hydrogen) atoms. The van der Waals surface area contributed by atoms with E-state index >= 15 is 0 Å². The molecule has 7 heteroatoms. The molecule has 1 amide bonds. The van der Waals surface area contributed by atoms with Crippen LogP contribution in [-0.4, -0.2) is 52.6 Å². The molecule has 1 N–H and O–H groups in total. The summed E-state index contributed by atoms with van der Waals surface area (Å²) in [6.07, 6.45) is 3.55. The average molecular weight is 401 g/mol. The van der Waals surface area contributed by atoms with Gasteiger partial charge in [-0.2, -0.15) is 5.26 Å². The van der Waals surface area contributed by atoms with Crippen LogP contribution in [0.1, 0.15) is 24.1 Å². The second-order valence-corrected chi connectivity index (χ2v) is 8.03. The van der Waals surface area contributed by atoms with Crippen molar-refractivity contribution in [3.05, 3.63) is 59.9 Å². The van der Waals surface area contributed by atoms with E-state index in [0.717, 1.165) is 48.2 Å². The highest BCUT2D eigenvalue weighted by molar-refractivity contribution is 5.84. The predicted molar refractivity (Wildman–Crippen MR) is 113 cm³/mol. The lowest BCUT2D eigenvalue weighted by Crippen LogP contribution is -2.63. The van der Waals surface area contributed by atoms with Crippen molar-refractivity contribution in [3.63, 3.8) is 0 Å². The zero-order valence-corrected chi connectivity index (χ0v) is 16.7. The topological polar surface area (TPSA) is 85.3 Å². The van der Waals surface area contributed by atoms with Gasteiger partial charge in [0.05, 0.1) is 12.1 Å². The number of hydrogen-bond donors (Lipinski definition) is 1. The summed E-state index contributed by atoms with van der Waals surface area (Å²) in [7, 11) is 0. The van der Waals surface area contributed by atoms with Gasteiger partial charge in [0.2, 0.25) is 5.91 Å². The summed E-state index contributed by atoms with van der Waals surface area (Å²) < 4.78 is 5.72. The molecule has 1 aromatic carbocycles. The van der Waals surface area contributed by atoms with Crippen molar-refractivity contribution in [2.75, 3.05) is 31.2 Å². The number of amides is 1. The van der Waals surface area contributed by atoms with Gasteiger partial charge in [-0.3, -0.25) is 4.79 Å². The third-order valence-corrected chi connectivity index (χ3v) is 6.35. The second-order valence-electron chi connectivity index (χ2n) is 8.03. The van der Waals surface area contributed by atoms with Crippen LogP contribution < -0.4 is 4.90 Å². The Hall–Kier alpha value is -3.37. The maximum absolute atomic E-state index is 12.9. The van der Waals surface area contributed by atoms with E-state index in [9.17, 15) is 4.79 Å². The van der Waals surface area contributed by atoms with E-state index in [1.807, 2.05) is 29.3 Å². The highest BCUT2D eigenvalue weighted by Crippen LogP contribution is 2.35. The second kappa shape index (κ2) is 7.47. The van der Waals surface area contributed by atoms with Crippen LogP contribution in [0.25, 0.3) is 10.9 Å². The lowest BCUT2D eigenvalue weighted by molar-refractivity contribution is -0.161. The molecule has 0 atom stereocenters. The van der Waals surface area contributed by atoms with E-state index in [2.05, 4.69) is 39.1 Å². The number of morpholine rings is 1. The minimum Gasteiger partial charge on any atom is -0.369 e. The number of nitrogens with one attached hydrogen (secondary N) is 1. The first-order chi connectivity index (χ1) is 14.7. The molecule has 2 aliphatic heterocycles. The number of anilines is 1. The van der Waals surface area contributed by atoms with Crippen molar-refractivity contribution in [1.29, 1.82) is 5.26 Å². The maximum Gasteiger partial charge on any atom is 0.249 e. The van der Waals surface area contributed by atoms with Crippen molar-refractivity contribution in [3.8, 4) is 6.07 Å². The molecule has 0 bridgehead atoms. The fraction of sp³-hybridized carbons (Fsp3) is 0.348. The number of carbonyl (C=O) groups excluding carboxylic acids is 1. The number of aromatic nitrogens is 2. The summed E-state index contributed by atoms with van der Waals surface area (Å²) in [5.41, 5.74) is 2.34.